The fourth-order valence-electron chi connectivity index (χ4n) is 4.22. The van der Waals surface area contributed by atoms with Crippen LogP contribution in [0.15, 0.2) is 84.9 Å². The maximum atomic E-state index is 12.8. The van der Waals surface area contributed by atoms with Crippen LogP contribution in [-0.4, -0.2) is 61.2 Å². The van der Waals surface area contributed by atoms with Crippen molar-refractivity contribution in [2.45, 2.75) is 64.9 Å². The SMILES string of the molecule is CC(C)(C)OC(=O)[C@H](CCCCNC(=O)OCc1ccccc1)NC(=O)CNC(=O)c1cccc(OCC(=O)OCc2ccccc2)c1. The van der Waals surface area contributed by atoms with Crippen LogP contribution in [0.5, 0.6) is 5.75 Å². The van der Waals surface area contributed by atoms with Crippen LogP contribution in [0.25, 0.3) is 0 Å². The summed E-state index contributed by atoms with van der Waals surface area (Å²) in [4.78, 5) is 62.4. The van der Waals surface area contributed by atoms with E-state index < -0.39 is 48.0 Å². The van der Waals surface area contributed by atoms with Gasteiger partial charge in [0.25, 0.3) is 5.91 Å². The number of ether oxygens (including phenoxy) is 4. The summed E-state index contributed by atoms with van der Waals surface area (Å²) in [5.74, 6) is -2.04. The lowest BCUT2D eigenvalue weighted by Gasteiger charge is -2.24. The Morgan fingerprint density at radius 1 is 0.750 bits per heavy atom. The molecule has 3 aromatic rings. The second-order valence-corrected chi connectivity index (χ2v) is 11.8. The number of unbranched alkanes of at least 4 members (excludes halogenated alkanes) is 1. The second-order valence-electron chi connectivity index (χ2n) is 11.8. The van der Waals surface area contributed by atoms with E-state index in [1.54, 1.807) is 32.9 Å². The standard InChI is InChI=1S/C36H43N3O9/c1-36(2,3)48-34(43)30(19-10-11-20-37-35(44)47-24-27-15-8-5-9-16-27)39-31(40)22-38-33(42)28-17-12-18-29(21-28)45-25-32(41)46-23-26-13-6-4-7-14-26/h4-9,12-18,21,30H,10-11,19-20,22-25H2,1-3H3,(H,37,44)(H,38,42)(H,39,40)/t30-/m0/s1. The van der Waals surface area contributed by atoms with Gasteiger partial charge in [-0.15, -0.1) is 0 Å². The number of amides is 3. The van der Waals surface area contributed by atoms with Gasteiger partial charge in [0.1, 0.15) is 30.6 Å². The highest BCUT2D eigenvalue weighted by Gasteiger charge is 2.26. The van der Waals surface area contributed by atoms with Gasteiger partial charge in [0.05, 0.1) is 6.54 Å². The van der Waals surface area contributed by atoms with Crippen LogP contribution in [0.1, 0.15) is 61.5 Å². The summed E-state index contributed by atoms with van der Waals surface area (Å²) in [6.45, 7) is 5.01. The third kappa shape index (κ3) is 14.8. The van der Waals surface area contributed by atoms with Crippen molar-refractivity contribution in [2.24, 2.45) is 0 Å². The monoisotopic (exact) mass is 661 g/mol. The van der Waals surface area contributed by atoms with E-state index in [-0.39, 0.29) is 37.6 Å². The Balaban J connectivity index is 1.41. The molecule has 256 valence electrons. The number of esters is 2. The highest BCUT2D eigenvalue weighted by Crippen LogP contribution is 2.14. The molecular formula is C36H43N3O9. The number of rotatable bonds is 17. The van der Waals surface area contributed by atoms with E-state index in [0.717, 1.165) is 11.1 Å². The van der Waals surface area contributed by atoms with Crippen molar-refractivity contribution in [1.29, 1.82) is 0 Å². The maximum absolute atomic E-state index is 12.8. The molecule has 48 heavy (non-hydrogen) atoms. The van der Waals surface area contributed by atoms with Gasteiger partial charge in [-0.2, -0.15) is 0 Å². The molecule has 0 spiro atoms. The zero-order chi connectivity index (χ0) is 34.8. The number of alkyl carbamates (subject to hydrolysis) is 1. The van der Waals surface area contributed by atoms with Gasteiger partial charge in [-0.05, 0) is 69.4 Å². The van der Waals surface area contributed by atoms with Crippen molar-refractivity contribution in [3.05, 3.63) is 102 Å². The maximum Gasteiger partial charge on any atom is 0.407 e. The summed E-state index contributed by atoms with van der Waals surface area (Å²) in [5.41, 5.74) is 1.15. The molecule has 0 unspecified atom stereocenters. The number of benzene rings is 3. The molecule has 0 aliphatic heterocycles. The summed E-state index contributed by atoms with van der Waals surface area (Å²) >= 11 is 0. The molecule has 3 amide bonds. The molecule has 3 rings (SSSR count). The van der Waals surface area contributed by atoms with Gasteiger partial charge in [-0.1, -0.05) is 66.7 Å². The predicted molar refractivity (Wildman–Crippen MR) is 177 cm³/mol. The first kappa shape index (κ1) is 37.1. The molecule has 0 saturated heterocycles. The fraction of sp³-hybridized carbons (Fsp3) is 0.361. The highest BCUT2D eigenvalue weighted by molar-refractivity contribution is 5.97. The van der Waals surface area contributed by atoms with Crippen LogP contribution in [-0.2, 0) is 41.8 Å². The summed E-state index contributed by atoms with van der Waals surface area (Å²) in [6, 6.07) is 23.7. The van der Waals surface area contributed by atoms with E-state index in [1.807, 2.05) is 60.7 Å². The van der Waals surface area contributed by atoms with E-state index in [4.69, 9.17) is 18.9 Å². The molecule has 12 heteroatoms. The van der Waals surface area contributed by atoms with Gasteiger partial charge in [-0.3, -0.25) is 9.59 Å². The van der Waals surface area contributed by atoms with Gasteiger partial charge in [0, 0.05) is 12.1 Å². The van der Waals surface area contributed by atoms with Gasteiger partial charge in [-0.25, -0.2) is 14.4 Å². The van der Waals surface area contributed by atoms with Crippen LogP contribution in [0.3, 0.4) is 0 Å². The summed E-state index contributed by atoms with van der Waals surface area (Å²) in [6.07, 6.45) is 0.713. The second kappa shape index (κ2) is 19.3. The topological polar surface area (TPSA) is 158 Å². The Hall–Kier alpha value is -5.39. The minimum Gasteiger partial charge on any atom is -0.482 e. The molecule has 3 aromatic carbocycles. The molecule has 0 aliphatic carbocycles. The van der Waals surface area contributed by atoms with E-state index in [2.05, 4.69) is 16.0 Å². The molecule has 0 fully saturated rings. The largest absolute Gasteiger partial charge is 0.482 e. The Labute approximate surface area is 280 Å². The van der Waals surface area contributed by atoms with Crippen molar-refractivity contribution in [1.82, 2.24) is 16.0 Å². The first-order valence-electron chi connectivity index (χ1n) is 15.7. The van der Waals surface area contributed by atoms with Crippen LogP contribution in [0, 0.1) is 0 Å². The van der Waals surface area contributed by atoms with Crippen LogP contribution < -0.4 is 20.7 Å². The quantitative estimate of drug-likeness (QED) is 0.108. The third-order valence-electron chi connectivity index (χ3n) is 6.53. The van der Waals surface area contributed by atoms with Gasteiger partial charge >= 0.3 is 18.0 Å². The molecular weight excluding hydrogens is 618 g/mol. The minimum absolute atomic E-state index is 0.117. The zero-order valence-corrected chi connectivity index (χ0v) is 27.5. The first-order chi connectivity index (χ1) is 23.0. The Morgan fingerprint density at radius 2 is 1.40 bits per heavy atom. The lowest BCUT2D eigenvalue weighted by atomic mass is 10.1. The summed E-state index contributed by atoms with van der Waals surface area (Å²) in [5, 5.41) is 7.83. The van der Waals surface area contributed by atoms with Crippen molar-refractivity contribution >= 4 is 29.8 Å². The fourth-order valence-corrected chi connectivity index (χ4v) is 4.22. The molecule has 0 radical (unpaired) electrons. The average molecular weight is 662 g/mol. The van der Waals surface area contributed by atoms with Gasteiger partial charge in [0.2, 0.25) is 5.91 Å². The Morgan fingerprint density at radius 3 is 2.04 bits per heavy atom. The van der Waals surface area contributed by atoms with E-state index in [1.165, 1.54) is 12.1 Å². The molecule has 3 N–H and O–H groups in total. The molecule has 0 bridgehead atoms. The molecule has 12 nitrogen and oxygen atoms in total. The molecule has 0 saturated carbocycles. The third-order valence-corrected chi connectivity index (χ3v) is 6.53. The summed E-state index contributed by atoms with van der Waals surface area (Å²) in [7, 11) is 0. The van der Waals surface area contributed by atoms with E-state index in [9.17, 15) is 24.0 Å². The minimum atomic E-state index is -0.961. The van der Waals surface area contributed by atoms with Crippen molar-refractivity contribution in [3.8, 4) is 5.75 Å². The molecule has 0 heterocycles. The lowest BCUT2D eigenvalue weighted by molar-refractivity contribution is -0.158. The van der Waals surface area contributed by atoms with E-state index >= 15 is 0 Å². The molecule has 0 aliphatic rings. The molecule has 0 aromatic heterocycles. The van der Waals surface area contributed by atoms with E-state index in [0.29, 0.717) is 19.4 Å². The van der Waals surface area contributed by atoms with Crippen molar-refractivity contribution in [3.63, 3.8) is 0 Å². The van der Waals surface area contributed by atoms with Crippen LogP contribution in [0.4, 0.5) is 4.79 Å². The van der Waals surface area contributed by atoms with Crippen molar-refractivity contribution < 1.29 is 42.9 Å². The zero-order valence-electron chi connectivity index (χ0n) is 27.5. The predicted octanol–water partition coefficient (Wildman–Crippen LogP) is 4.46. The van der Waals surface area contributed by atoms with Crippen molar-refractivity contribution in [2.75, 3.05) is 19.7 Å². The normalized spacial score (nSPS) is 11.4. The average Bonchev–Trinajstić information content (AvgIpc) is 3.07. The van der Waals surface area contributed by atoms with Crippen LogP contribution >= 0.6 is 0 Å². The Kier molecular flexibility index (Phi) is 14.9. The smallest absolute Gasteiger partial charge is 0.407 e. The number of carbonyl (C=O) groups is 5. The summed E-state index contributed by atoms with van der Waals surface area (Å²) < 4.78 is 21.3. The van der Waals surface area contributed by atoms with Gasteiger partial charge < -0.3 is 34.9 Å². The molecule has 1 atom stereocenters. The Bertz CT molecular complexity index is 1490. The number of hydrogen-bond donors (Lipinski definition) is 3. The number of nitrogens with one attached hydrogen (secondary N) is 3. The number of hydrogen-bond acceptors (Lipinski definition) is 9. The van der Waals surface area contributed by atoms with Gasteiger partial charge in [0.15, 0.2) is 6.61 Å². The lowest BCUT2D eigenvalue weighted by Crippen LogP contribution is -2.47. The highest BCUT2D eigenvalue weighted by atomic mass is 16.6. The number of carbonyl (C=O) groups excluding carboxylic acids is 5. The first-order valence-corrected chi connectivity index (χ1v) is 15.7. The van der Waals surface area contributed by atoms with Crippen LogP contribution in [0.2, 0.25) is 0 Å².